The van der Waals surface area contributed by atoms with Gasteiger partial charge in [0.2, 0.25) is 0 Å². The van der Waals surface area contributed by atoms with Crippen molar-refractivity contribution in [1.82, 2.24) is 20.0 Å². The molecule has 3 aromatic rings. The van der Waals surface area contributed by atoms with Gasteiger partial charge >= 0.3 is 0 Å². The first-order chi connectivity index (χ1) is 16.8. The maximum atomic E-state index is 13.7. The Labute approximate surface area is 207 Å². The van der Waals surface area contributed by atoms with Crippen LogP contribution in [0.3, 0.4) is 0 Å². The molecule has 2 aromatic heterocycles. The van der Waals surface area contributed by atoms with Crippen LogP contribution in [0.1, 0.15) is 42.5 Å². The lowest BCUT2D eigenvalue weighted by molar-refractivity contribution is 0.00564. The summed E-state index contributed by atoms with van der Waals surface area (Å²) in [7, 11) is -1.44. The number of rotatable bonds is 6. The number of oxazole rings is 1. The quantitative estimate of drug-likeness (QED) is 0.241. The molecule has 0 radical (unpaired) electrons. The summed E-state index contributed by atoms with van der Waals surface area (Å²) in [5.41, 5.74) is -0.872. The maximum Gasteiger partial charge on any atom is 0.194 e. The van der Waals surface area contributed by atoms with Gasteiger partial charge in [-0.25, -0.2) is 33.7 Å². The molecule has 13 heteroatoms. The standard InChI is InChI=1S/C23H29F3N4O5S/c1-10-19(27-11(2)35-10)22(23(3,4)34)36-9-16(32)20(21(33)17(36)8-31)30-7-15(28-29-30)12-5-13(24)18(26)14(25)6-12/h5-7,16-17,20-22,31-34,36H,8-9H2,1-4H3/t16-,17+,20-,21-,22-/m0/s1. The lowest BCUT2D eigenvalue weighted by Gasteiger charge is -2.50. The molecule has 0 bridgehead atoms. The van der Waals surface area contributed by atoms with Crippen LogP contribution in [0.2, 0.25) is 0 Å². The molecule has 1 unspecified atom stereocenters. The van der Waals surface area contributed by atoms with Gasteiger partial charge in [0.1, 0.15) is 17.5 Å². The van der Waals surface area contributed by atoms with Gasteiger partial charge in [0.15, 0.2) is 23.3 Å². The number of aliphatic hydroxyl groups excluding tert-OH is 3. The predicted octanol–water partition coefficient (Wildman–Crippen LogP) is 2.12. The van der Waals surface area contributed by atoms with Gasteiger partial charge in [0.05, 0.1) is 41.6 Å². The molecule has 1 aromatic carbocycles. The lowest BCUT2D eigenvalue weighted by atomic mass is 10.0. The monoisotopic (exact) mass is 530 g/mol. The molecule has 1 aliphatic heterocycles. The molecule has 198 valence electrons. The average Bonchev–Trinajstić information content (AvgIpc) is 3.37. The summed E-state index contributed by atoms with van der Waals surface area (Å²) in [5, 5.41) is 50.1. The van der Waals surface area contributed by atoms with Crippen molar-refractivity contribution in [3.63, 3.8) is 0 Å². The first-order valence-corrected chi connectivity index (χ1v) is 13.0. The molecule has 3 heterocycles. The number of benzene rings is 1. The molecule has 1 fully saturated rings. The first kappa shape index (κ1) is 26.6. The number of hydrogen-bond donors (Lipinski definition) is 5. The molecule has 4 N–H and O–H groups in total. The Bertz CT molecular complexity index is 1220. The number of thiol groups is 1. The second kappa shape index (κ2) is 9.78. The third kappa shape index (κ3) is 4.77. The summed E-state index contributed by atoms with van der Waals surface area (Å²) in [4.78, 5) is 4.43. The third-order valence-corrected chi connectivity index (χ3v) is 10.1. The van der Waals surface area contributed by atoms with E-state index in [1.165, 1.54) is 10.9 Å². The molecule has 0 spiro atoms. The van der Waals surface area contributed by atoms with Crippen molar-refractivity contribution in [3.8, 4) is 11.3 Å². The van der Waals surface area contributed by atoms with Crippen LogP contribution in [0.4, 0.5) is 13.2 Å². The van der Waals surface area contributed by atoms with Crippen molar-refractivity contribution in [3.05, 3.63) is 53.1 Å². The van der Waals surface area contributed by atoms with Crippen molar-refractivity contribution >= 4 is 10.9 Å². The molecular formula is C23H29F3N4O5S. The van der Waals surface area contributed by atoms with E-state index in [2.05, 4.69) is 15.3 Å². The molecule has 1 aliphatic rings. The van der Waals surface area contributed by atoms with Gasteiger partial charge in [-0.05, 0) is 32.9 Å². The highest BCUT2D eigenvalue weighted by atomic mass is 32.2. The van der Waals surface area contributed by atoms with E-state index < -0.39 is 69.3 Å². The van der Waals surface area contributed by atoms with Crippen molar-refractivity contribution in [2.75, 3.05) is 12.4 Å². The van der Waals surface area contributed by atoms with Gasteiger partial charge in [-0.3, -0.25) is 0 Å². The van der Waals surface area contributed by atoms with Crippen LogP contribution in [0, 0.1) is 31.3 Å². The largest absolute Gasteiger partial charge is 0.446 e. The Morgan fingerprint density at radius 2 is 1.83 bits per heavy atom. The number of aliphatic hydroxyl groups is 4. The van der Waals surface area contributed by atoms with Crippen molar-refractivity contribution in [1.29, 1.82) is 0 Å². The van der Waals surface area contributed by atoms with Crippen LogP contribution in [-0.2, 0) is 0 Å². The minimum atomic E-state index is -1.61. The summed E-state index contributed by atoms with van der Waals surface area (Å²) in [6.45, 7) is 6.17. The number of nitrogens with zero attached hydrogens (tertiary/aromatic N) is 4. The molecule has 0 aliphatic carbocycles. The van der Waals surface area contributed by atoms with Gasteiger partial charge in [-0.1, -0.05) is 5.21 Å². The summed E-state index contributed by atoms with van der Waals surface area (Å²) >= 11 is 0. The Morgan fingerprint density at radius 1 is 1.19 bits per heavy atom. The van der Waals surface area contributed by atoms with Crippen LogP contribution in [0.15, 0.2) is 22.7 Å². The van der Waals surface area contributed by atoms with Crippen LogP contribution >= 0.6 is 10.9 Å². The maximum absolute atomic E-state index is 13.7. The van der Waals surface area contributed by atoms with E-state index in [1.54, 1.807) is 27.7 Å². The van der Waals surface area contributed by atoms with Gasteiger partial charge in [0, 0.05) is 23.5 Å². The van der Waals surface area contributed by atoms with Crippen LogP contribution in [0.25, 0.3) is 11.3 Å². The molecule has 36 heavy (non-hydrogen) atoms. The average molecular weight is 531 g/mol. The smallest absolute Gasteiger partial charge is 0.194 e. The van der Waals surface area contributed by atoms with E-state index in [1.807, 2.05) is 0 Å². The van der Waals surface area contributed by atoms with E-state index in [0.29, 0.717) is 17.3 Å². The van der Waals surface area contributed by atoms with Gasteiger partial charge in [-0.15, -0.1) is 5.10 Å². The van der Waals surface area contributed by atoms with E-state index in [-0.39, 0.29) is 17.0 Å². The zero-order valence-electron chi connectivity index (χ0n) is 20.1. The summed E-state index contributed by atoms with van der Waals surface area (Å²) in [6, 6.07) is 0.499. The number of aromatic nitrogens is 4. The molecule has 0 saturated carbocycles. The van der Waals surface area contributed by atoms with Crippen LogP contribution < -0.4 is 0 Å². The minimum absolute atomic E-state index is 0.00338. The van der Waals surface area contributed by atoms with E-state index in [4.69, 9.17) is 4.42 Å². The fraction of sp³-hybridized carbons (Fsp3) is 0.522. The Balaban J connectivity index is 1.68. The Kier molecular flexibility index (Phi) is 7.23. The summed E-state index contributed by atoms with van der Waals surface area (Å²) in [6.07, 6.45) is -1.19. The van der Waals surface area contributed by atoms with Crippen molar-refractivity contribution in [2.45, 2.75) is 62.0 Å². The minimum Gasteiger partial charge on any atom is -0.446 e. The van der Waals surface area contributed by atoms with E-state index in [0.717, 1.165) is 12.1 Å². The predicted molar refractivity (Wildman–Crippen MR) is 126 cm³/mol. The Morgan fingerprint density at radius 3 is 2.36 bits per heavy atom. The van der Waals surface area contributed by atoms with Gasteiger partial charge < -0.3 is 24.8 Å². The summed E-state index contributed by atoms with van der Waals surface area (Å²) in [5.74, 6) is -3.35. The fourth-order valence-electron chi connectivity index (χ4n) is 4.91. The highest BCUT2D eigenvalue weighted by Gasteiger charge is 2.49. The van der Waals surface area contributed by atoms with E-state index >= 15 is 0 Å². The van der Waals surface area contributed by atoms with Gasteiger partial charge in [-0.2, -0.15) is 0 Å². The number of halogens is 3. The topological polar surface area (TPSA) is 138 Å². The van der Waals surface area contributed by atoms with Crippen molar-refractivity contribution in [2.24, 2.45) is 0 Å². The second-order valence-electron chi connectivity index (χ2n) is 9.56. The second-order valence-corrected chi connectivity index (χ2v) is 12.1. The van der Waals surface area contributed by atoms with Crippen LogP contribution in [-0.4, -0.2) is 75.8 Å². The molecule has 9 nitrogen and oxygen atoms in total. The normalized spacial score (nSPS) is 26.8. The fourth-order valence-corrected chi connectivity index (χ4v) is 8.56. The first-order valence-electron chi connectivity index (χ1n) is 11.3. The zero-order valence-corrected chi connectivity index (χ0v) is 21.0. The molecule has 4 rings (SSSR count). The molecular weight excluding hydrogens is 501 g/mol. The lowest BCUT2D eigenvalue weighted by Crippen LogP contribution is -2.52. The van der Waals surface area contributed by atoms with Gasteiger partial charge in [0.25, 0.3) is 0 Å². The van der Waals surface area contributed by atoms with Crippen molar-refractivity contribution < 1.29 is 38.0 Å². The number of hydrogen-bond acceptors (Lipinski definition) is 8. The third-order valence-electron chi connectivity index (χ3n) is 6.44. The SMILES string of the molecule is Cc1nc([C@H]([SH]2C[C@H](O)[C@H](n3cc(-c4cc(F)c(F)c(F)c4)nn3)[C@@H](O)[C@H]2CO)C(C)(C)O)c(C)o1. The van der Waals surface area contributed by atoms with Crippen LogP contribution in [0.5, 0.6) is 0 Å². The summed E-state index contributed by atoms with van der Waals surface area (Å²) < 4.78 is 47.4. The number of aryl methyl sites for hydroxylation is 2. The molecule has 0 amide bonds. The molecule has 6 atom stereocenters. The van der Waals surface area contributed by atoms with E-state index in [9.17, 15) is 33.6 Å². The Hall–Kier alpha value is -2.45. The highest BCUT2D eigenvalue weighted by Crippen LogP contribution is 2.57. The highest BCUT2D eigenvalue weighted by molar-refractivity contribution is 8.18. The molecule has 1 saturated heterocycles. The zero-order chi connectivity index (χ0) is 26.5.